The molecule has 0 atom stereocenters. The molecule has 5 rings (SSSR count). The van der Waals surface area contributed by atoms with Gasteiger partial charge in [-0.15, -0.1) is 11.3 Å². The minimum absolute atomic E-state index is 0.0685. The van der Waals surface area contributed by atoms with Crippen molar-refractivity contribution < 1.29 is 18.0 Å². The summed E-state index contributed by atoms with van der Waals surface area (Å²) in [5.41, 5.74) is 9.79. The Bertz CT molecular complexity index is 1550. The van der Waals surface area contributed by atoms with E-state index >= 15 is 0 Å². The first-order chi connectivity index (χ1) is 16.7. The first-order valence-electron chi connectivity index (χ1n) is 10.4. The van der Waals surface area contributed by atoms with Gasteiger partial charge in [0.15, 0.2) is 5.69 Å². The molecule has 178 valence electrons. The number of thiazole rings is 1. The summed E-state index contributed by atoms with van der Waals surface area (Å²) in [7, 11) is 0. The second-order valence-corrected chi connectivity index (χ2v) is 8.72. The third kappa shape index (κ3) is 4.40. The summed E-state index contributed by atoms with van der Waals surface area (Å²) in [5, 5.41) is 18.0. The average Bonchev–Trinajstić information content (AvgIpc) is 3.58. The number of hydrogen-bond donors (Lipinski definition) is 4. The van der Waals surface area contributed by atoms with Crippen molar-refractivity contribution in [2.24, 2.45) is 5.73 Å². The van der Waals surface area contributed by atoms with Crippen LogP contribution in [0.15, 0.2) is 48.0 Å². The topological polar surface area (TPSA) is 125 Å². The van der Waals surface area contributed by atoms with Gasteiger partial charge in [0, 0.05) is 22.9 Å². The Kier molecular flexibility index (Phi) is 5.61. The molecule has 2 aromatic carbocycles. The van der Waals surface area contributed by atoms with Crippen LogP contribution in [0.5, 0.6) is 0 Å². The zero-order valence-electron chi connectivity index (χ0n) is 18.2. The molecular weight excluding hydrogens is 479 g/mol. The molecule has 12 heteroatoms. The predicted octanol–water partition coefficient (Wildman–Crippen LogP) is 5.11. The lowest BCUT2D eigenvalue weighted by Crippen LogP contribution is -2.13. The van der Waals surface area contributed by atoms with E-state index in [1.807, 2.05) is 31.2 Å². The van der Waals surface area contributed by atoms with Crippen molar-refractivity contribution >= 4 is 33.8 Å². The number of fused-ring (bicyclic) bond motifs is 1. The van der Waals surface area contributed by atoms with E-state index in [1.54, 1.807) is 12.3 Å². The van der Waals surface area contributed by atoms with Gasteiger partial charge in [0.25, 0.3) is 5.91 Å². The number of nitrogens with one attached hydrogen (secondary N) is 3. The molecule has 0 spiro atoms. The van der Waals surface area contributed by atoms with Gasteiger partial charge in [0.1, 0.15) is 10.7 Å². The first kappa shape index (κ1) is 22.7. The maximum atomic E-state index is 13.1. The molecule has 0 saturated carbocycles. The SMILES string of the molecule is Cc1cc(CN)ccc1-c1cc2cn[nH]c2cc1NC(=O)c1csc(-c2cc(C(F)(F)F)n[nH]2)n1. The number of hydrogen-bond acceptors (Lipinski definition) is 6. The summed E-state index contributed by atoms with van der Waals surface area (Å²) in [4.78, 5) is 17.3. The van der Waals surface area contributed by atoms with Gasteiger partial charge in [-0.25, -0.2) is 4.98 Å². The highest BCUT2D eigenvalue weighted by molar-refractivity contribution is 7.13. The van der Waals surface area contributed by atoms with Crippen molar-refractivity contribution in [2.45, 2.75) is 19.6 Å². The molecule has 0 aliphatic rings. The number of rotatable bonds is 5. The van der Waals surface area contributed by atoms with Crippen molar-refractivity contribution in [3.63, 3.8) is 0 Å². The number of H-pyrrole nitrogens is 2. The van der Waals surface area contributed by atoms with E-state index in [2.05, 4.69) is 30.7 Å². The van der Waals surface area contributed by atoms with Crippen molar-refractivity contribution in [3.05, 3.63) is 70.5 Å². The highest BCUT2D eigenvalue weighted by Gasteiger charge is 2.34. The monoisotopic (exact) mass is 497 g/mol. The third-order valence-electron chi connectivity index (χ3n) is 5.48. The van der Waals surface area contributed by atoms with E-state index in [1.165, 1.54) is 5.38 Å². The summed E-state index contributed by atoms with van der Waals surface area (Å²) < 4.78 is 38.6. The number of halogens is 3. The molecule has 5 aromatic rings. The fourth-order valence-electron chi connectivity index (χ4n) is 3.74. The van der Waals surface area contributed by atoms with Crippen LogP contribution in [0.2, 0.25) is 0 Å². The number of anilines is 1. The summed E-state index contributed by atoms with van der Waals surface area (Å²) in [6, 6.07) is 10.4. The average molecular weight is 498 g/mol. The molecule has 5 N–H and O–H groups in total. The van der Waals surface area contributed by atoms with Crippen molar-refractivity contribution in [2.75, 3.05) is 5.32 Å². The molecule has 8 nitrogen and oxygen atoms in total. The molecular formula is C23H18F3N7OS. The van der Waals surface area contributed by atoms with E-state index < -0.39 is 17.8 Å². The van der Waals surface area contributed by atoms with E-state index in [-0.39, 0.29) is 16.4 Å². The van der Waals surface area contributed by atoms with Crippen LogP contribution in [0.25, 0.3) is 32.7 Å². The lowest BCUT2D eigenvalue weighted by molar-refractivity contribution is -0.141. The number of aromatic amines is 2. The minimum atomic E-state index is -4.57. The largest absolute Gasteiger partial charge is 0.435 e. The number of nitrogens with zero attached hydrogens (tertiary/aromatic N) is 3. The van der Waals surface area contributed by atoms with Gasteiger partial charge in [-0.1, -0.05) is 18.2 Å². The van der Waals surface area contributed by atoms with Crippen molar-refractivity contribution in [3.8, 4) is 21.8 Å². The highest BCUT2D eigenvalue weighted by atomic mass is 32.1. The van der Waals surface area contributed by atoms with Crippen LogP contribution in [0.4, 0.5) is 18.9 Å². The van der Waals surface area contributed by atoms with Crippen LogP contribution in [0.1, 0.15) is 27.3 Å². The van der Waals surface area contributed by atoms with Gasteiger partial charge in [-0.3, -0.25) is 15.0 Å². The van der Waals surface area contributed by atoms with Gasteiger partial charge >= 0.3 is 6.18 Å². The van der Waals surface area contributed by atoms with E-state index in [0.717, 1.165) is 50.6 Å². The molecule has 35 heavy (non-hydrogen) atoms. The molecule has 0 aliphatic carbocycles. The van der Waals surface area contributed by atoms with Crippen LogP contribution in [0, 0.1) is 6.92 Å². The van der Waals surface area contributed by atoms with E-state index in [0.29, 0.717) is 12.2 Å². The Balaban J connectivity index is 1.47. The van der Waals surface area contributed by atoms with Crippen LogP contribution in [-0.2, 0) is 12.7 Å². The molecule has 0 unspecified atom stereocenters. The maximum absolute atomic E-state index is 13.1. The number of nitrogens with two attached hydrogens (primary N) is 1. The fourth-order valence-corrected chi connectivity index (χ4v) is 4.50. The Morgan fingerprint density at radius 1 is 1.14 bits per heavy atom. The second kappa shape index (κ2) is 8.64. The summed E-state index contributed by atoms with van der Waals surface area (Å²) in [6.45, 7) is 2.38. The number of aryl methyl sites for hydroxylation is 1. The van der Waals surface area contributed by atoms with E-state index in [9.17, 15) is 18.0 Å². The lowest BCUT2D eigenvalue weighted by Gasteiger charge is -2.14. The smallest absolute Gasteiger partial charge is 0.326 e. The molecule has 0 saturated heterocycles. The predicted molar refractivity (Wildman–Crippen MR) is 127 cm³/mol. The molecule has 3 heterocycles. The molecule has 1 amide bonds. The normalized spacial score (nSPS) is 11.8. The van der Waals surface area contributed by atoms with Crippen LogP contribution in [-0.4, -0.2) is 31.3 Å². The number of alkyl halides is 3. The molecule has 0 bridgehead atoms. The summed E-state index contributed by atoms with van der Waals surface area (Å²) >= 11 is 1.04. The number of benzene rings is 2. The van der Waals surface area contributed by atoms with Crippen LogP contribution in [0.3, 0.4) is 0 Å². The van der Waals surface area contributed by atoms with E-state index in [4.69, 9.17) is 5.73 Å². The van der Waals surface area contributed by atoms with Crippen LogP contribution < -0.4 is 11.1 Å². The zero-order valence-corrected chi connectivity index (χ0v) is 19.0. The molecule has 0 radical (unpaired) electrons. The number of amides is 1. The van der Waals surface area contributed by atoms with Gasteiger partial charge in [-0.2, -0.15) is 23.4 Å². The van der Waals surface area contributed by atoms with Gasteiger partial charge in [0.05, 0.1) is 23.1 Å². The second-order valence-electron chi connectivity index (χ2n) is 7.87. The maximum Gasteiger partial charge on any atom is 0.435 e. The van der Waals surface area contributed by atoms with Crippen molar-refractivity contribution in [1.82, 2.24) is 25.4 Å². The summed E-state index contributed by atoms with van der Waals surface area (Å²) in [5.74, 6) is -0.501. The molecule has 0 aliphatic heterocycles. The molecule has 0 fully saturated rings. The standard InChI is InChI=1S/C23H18F3N7OS/c1-11-4-12(8-27)2-3-14(11)15-5-13-9-28-31-16(13)6-17(15)29-21(34)19-10-35-22(30-19)18-7-20(33-32-18)23(24,25)26/h2-7,9-10H,8,27H2,1H3,(H,28,31)(H,29,34)(H,32,33). The van der Waals surface area contributed by atoms with Crippen LogP contribution >= 0.6 is 11.3 Å². The summed E-state index contributed by atoms with van der Waals surface area (Å²) in [6.07, 6.45) is -2.88. The Morgan fingerprint density at radius 2 is 1.97 bits per heavy atom. The number of carbonyl (C=O) groups excluding carboxylic acids is 1. The Hall–Kier alpha value is -4.03. The lowest BCUT2D eigenvalue weighted by atomic mass is 9.96. The Labute approximate surface area is 200 Å². The first-order valence-corrected chi connectivity index (χ1v) is 11.3. The van der Waals surface area contributed by atoms with Gasteiger partial charge in [0.2, 0.25) is 0 Å². The highest BCUT2D eigenvalue weighted by Crippen LogP contribution is 2.35. The third-order valence-corrected chi connectivity index (χ3v) is 6.35. The van der Waals surface area contributed by atoms with Gasteiger partial charge < -0.3 is 11.1 Å². The fraction of sp³-hybridized carbons (Fsp3) is 0.130. The van der Waals surface area contributed by atoms with Gasteiger partial charge in [-0.05, 0) is 41.8 Å². The van der Waals surface area contributed by atoms with Crippen molar-refractivity contribution in [1.29, 1.82) is 0 Å². The number of carbonyl (C=O) groups is 1. The molecule has 3 aromatic heterocycles. The Morgan fingerprint density at radius 3 is 2.69 bits per heavy atom. The quantitative estimate of drug-likeness (QED) is 0.268. The number of aromatic nitrogens is 5. The zero-order chi connectivity index (χ0) is 24.7. The minimum Gasteiger partial charge on any atom is -0.326 e.